The Kier molecular flexibility index (Phi) is 5.53. The van der Waals surface area contributed by atoms with Crippen LogP contribution in [0.1, 0.15) is 21.8 Å². The minimum Gasteiger partial charge on any atom is -0.457 e. The van der Waals surface area contributed by atoms with Gasteiger partial charge in [0.05, 0.1) is 23.9 Å². The van der Waals surface area contributed by atoms with Gasteiger partial charge in [0.1, 0.15) is 11.4 Å². The standard InChI is InChI=1S/C23H20N4O4/c1-16-21(22(28)27(26(16)2)18-7-4-3-5-8-18)25-24-15-17-10-12-19(13-11-17)31-23(29)20-9-6-14-30-20/h3-15,25H,1-2H3/b24-15+. The highest BCUT2D eigenvalue weighted by molar-refractivity contribution is 5.88. The lowest BCUT2D eigenvalue weighted by molar-refractivity contribution is 0.0701. The first kappa shape index (κ1) is 20.0. The second-order valence-corrected chi connectivity index (χ2v) is 6.74. The van der Waals surface area contributed by atoms with Gasteiger partial charge in [0, 0.05) is 7.05 Å². The van der Waals surface area contributed by atoms with E-state index in [-0.39, 0.29) is 11.3 Å². The quantitative estimate of drug-likeness (QED) is 0.224. The zero-order chi connectivity index (χ0) is 21.8. The number of ether oxygens (including phenoxy) is 1. The van der Waals surface area contributed by atoms with Crippen LogP contribution >= 0.6 is 0 Å². The highest BCUT2D eigenvalue weighted by atomic mass is 16.5. The molecular formula is C23H20N4O4. The van der Waals surface area contributed by atoms with Crippen molar-refractivity contribution >= 4 is 17.9 Å². The number of aromatic nitrogens is 2. The molecule has 0 unspecified atom stereocenters. The zero-order valence-electron chi connectivity index (χ0n) is 17.0. The number of nitrogens with zero attached hydrogens (tertiary/aromatic N) is 3. The van der Waals surface area contributed by atoms with Crippen LogP contribution in [0.25, 0.3) is 5.69 Å². The number of carbonyl (C=O) groups is 1. The second-order valence-electron chi connectivity index (χ2n) is 6.74. The molecule has 2 aromatic carbocycles. The summed E-state index contributed by atoms with van der Waals surface area (Å²) in [5.74, 6) is -0.0484. The summed E-state index contributed by atoms with van der Waals surface area (Å²) in [5, 5.41) is 4.19. The summed E-state index contributed by atoms with van der Waals surface area (Å²) in [6.45, 7) is 1.85. The predicted octanol–water partition coefficient (Wildman–Crippen LogP) is 3.74. The van der Waals surface area contributed by atoms with Gasteiger partial charge in [0.2, 0.25) is 5.76 Å². The van der Waals surface area contributed by atoms with Crippen LogP contribution in [0.5, 0.6) is 5.75 Å². The molecule has 4 rings (SSSR count). The SMILES string of the molecule is Cc1c(N/N=C/c2ccc(OC(=O)c3ccco3)cc2)c(=O)n(-c2ccccc2)n1C. The van der Waals surface area contributed by atoms with Crippen molar-refractivity contribution in [2.45, 2.75) is 6.92 Å². The average molecular weight is 416 g/mol. The summed E-state index contributed by atoms with van der Waals surface area (Å²) in [6, 6.07) is 19.3. The Labute approximate surface area is 178 Å². The Hall–Kier alpha value is -4.33. The third kappa shape index (κ3) is 4.18. The molecule has 0 aliphatic carbocycles. The first-order valence-electron chi connectivity index (χ1n) is 9.53. The average Bonchev–Trinajstić information content (AvgIpc) is 3.39. The molecule has 0 saturated carbocycles. The summed E-state index contributed by atoms with van der Waals surface area (Å²) in [7, 11) is 1.82. The van der Waals surface area contributed by atoms with E-state index in [4.69, 9.17) is 9.15 Å². The largest absolute Gasteiger partial charge is 0.457 e. The highest BCUT2D eigenvalue weighted by Crippen LogP contribution is 2.15. The van der Waals surface area contributed by atoms with Gasteiger partial charge in [-0.2, -0.15) is 5.10 Å². The van der Waals surface area contributed by atoms with E-state index in [1.54, 1.807) is 45.9 Å². The molecule has 0 radical (unpaired) electrons. The molecule has 0 aliphatic heterocycles. The van der Waals surface area contributed by atoms with E-state index < -0.39 is 5.97 Å². The van der Waals surface area contributed by atoms with Crippen LogP contribution in [0.3, 0.4) is 0 Å². The lowest BCUT2D eigenvalue weighted by Gasteiger charge is -2.07. The minimum atomic E-state index is -0.567. The number of para-hydroxylation sites is 1. The van der Waals surface area contributed by atoms with Gasteiger partial charge >= 0.3 is 5.97 Å². The fourth-order valence-electron chi connectivity index (χ4n) is 3.04. The van der Waals surface area contributed by atoms with Crippen molar-refractivity contribution in [1.82, 2.24) is 9.36 Å². The van der Waals surface area contributed by atoms with Gasteiger partial charge < -0.3 is 9.15 Å². The Morgan fingerprint density at radius 3 is 2.48 bits per heavy atom. The Morgan fingerprint density at radius 1 is 1.06 bits per heavy atom. The van der Waals surface area contributed by atoms with Crippen molar-refractivity contribution in [3.05, 3.63) is 100 Å². The van der Waals surface area contributed by atoms with Crippen LogP contribution < -0.4 is 15.7 Å². The topological polar surface area (TPSA) is 90.8 Å². The zero-order valence-corrected chi connectivity index (χ0v) is 17.0. The van der Waals surface area contributed by atoms with Gasteiger partial charge in [-0.15, -0.1) is 0 Å². The van der Waals surface area contributed by atoms with Crippen molar-refractivity contribution in [2.75, 3.05) is 5.43 Å². The summed E-state index contributed by atoms with van der Waals surface area (Å²) in [4.78, 5) is 24.7. The van der Waals surface area contributed by atoms with Crippen molar-refractivity contribution in [3.8, 4) is 11.4 Å². The molecule has 0 fully saturated rings. The van der Waals surface area contributed by atoms with E-state index in [2.05, 4.69) is 10.5 Å². The van der Waals surface area contributed by atoms with Gasteiger partial charge in [-0.3, -0.25) is 14.9 Å². The number of esters is 1. The number of anilines is 1. The van der Waals surface area contributed by atoms with E-state index in [9.17, 15) is 9.59 Å². The molecule has 0 aliphatic rings. The van der Waals surface area contributed by atoms with Gasteiger partial charge in [0.25, 0.3) is 5.56 Å². The molecule has 0 amide bonds. The lowest BCUT2D eigenvalue weighted by Crippen LogP contribution is -2.20. The third-order valence-electron chi connectivity index (χ3n) is 4.76. The Balaban J connectivity index is 1.46. The molecular weight excluding hydrogens is 396 g/mol. The van der Waals surface area contributed by atoms with Crippen LogP contribution in [0, 0.1) is 6.92 Å². The number of rotatable bonds is 6. The fraction of sp³-hybridized carbons (Fsp3) is 0.0870. The molecule has 0 atom stereocenters. The van der Waals surface area contributed by atoms with Crippen molar-refractivity contribution in [3.63, 3.8) is 0 Å². The van der Waals surface area contributed by atoms with Crippen LogP contribution in [-0.2, 0) is 7.05 Å². The summed E-state index contributed by atoms with van der Waals surface area (Å²) in [5.41, 5.74) is 5.34. The first-order chi connectivity index (χ1) is 15.0. The smallest absolute Gasteiger partial charge is 0.379 e. The number of hydrogen-bond donors (Lipinski definition) is 1. The monoisotopic (exact) mass is 416 g/mol. The van der Waals surface area contributed by atoms with E-state index in [0.29, 0.717) is 11.4 Å². The molecule has 1 N–H and O–H groups in total. The minimum absolute atomic E-state index is 0.134. The summed E-state index contributed by atoms with van der Waals surface area (Å²) in [6.07, 6.45) is 2.99. The lowest BCUT2D eigenvalue weighted by atomic mass is 10.2. The molecule has 0 saturated heterocycles. The van der Waals surface area contributed by atoms with Crippen LogP contribution in [0.4, 0.5) is 5.69 Å². The molecule has 31 heavy (non-hydrogen) atoms. The van der Waals surface area contributed by atoms with Gasteiger partial charge in [0.15, 0.2) is 0 Å². The molecule has 0 spiro atoms. The van der Waals surface area contributed by atoms with Gasteiger partial charge in [-0.25, -0.2) is 9.48 Å². The van der Waals surface area contributed by atoms with Crippen LogP contribution in [0.2, 0.25) is 0 Å². The fourth-order valence-corrected chi connectivity index (χ4v) is 3.04. The number of furan rings is 1. The van der Waals surface area contributed by atoms with Crippen LogP contribution in [-0.4, -0.2) is 21.5 Å². The predicted molar refractivity (Wildman–Crippen MR) is 117 cm³/mol. The van der Waals surface area contributed by atoms with Crippen LogP contribution in [0.15, 0.2) is 87.3 Å². The van der Waals surface area contributed by atoms with Crippen molar-refractivity contribution in [1.29, 1.82) is 0 Å². The molecule has 8 heteroatoms. The maximum Gasteiger partial charge on any atom is 0.379 e. The number of hydrogen-bond acceptors (Lipinski definition) is 6. The molecule has 2 heterocycles. The Bertz CT molecular complexity index is 1270. The van der Waals surface area contributed by atoms with E-state index >= 15 is 0 Å². The van der Waals surface area contributed by atoms with E-state index in [1.165, 1.54) is 12.3 Å². The highest BCUT2D eigenvalue weighted by Gasteiger charge is 2.15. The molecule has 2 aromatic heterocycles. The third-order valence-corrected chi connectivity index (χ3v) is 4.76. The maximum atomic E-state index is 12.8. The number of hydrazone groups is 1. The molecule has 156 valence electrons. The summed E-state index contributed by atoms with van der Waals surface area (Å²) >= 11 is 0. The summed E-state index contributed by atoms with van der Waals surface area (Å²) < 4.78 is 13.6. The van der Waals surface area contributed by atoms with E-state index in [0.717, 1.165) is 16.9 Å². The number of nitrogens with one attached hydrogen (secondary N) is 1. The van der Waals surface area contributed by atoms with E-state index in [1.807, 2.05) is 44.3 Å². The normalized spacial score (nSPS) is 11.0. The molecule has 8 nitrogen and oxygen atoms in total. The van der Waals surface area contributed by atoms with Crippen molar-refractivity contribution < 1.29 is 13.9 Å². The number of carbonyl (C=O) groups excluding carboxylic acids is 1. The van der Waals surface area contributed by atoms with Crippen molar-refractivity contribution in [2.24, 2.45) is 12.1 Å². The first-order valence-corrected chi connectivity index (χ1v) is 9.53. The molecule has 0 bridgehead atoms. The van der Waals surface area contributed by atoms with Gasteiger partial charge in [-0.1, -0.05) is 18.2 Å². The molecule has 4 aromatic rings. The van der Waals surface area contributed by atoms with Gasteiger partial charge in [-0.05, 0) is 61.0 Å². The maximum absolute atomic E-state index is 12.8. The number of benzene rings is 2. The Morgan fingerprint density at radius 2 is 1.81 bits per heavy atom. The second kappa shape index (κ2) is 8.58.